The van der Waals surface area contributed by atoms with Crippen molar-refractivity contribution < 1.29 is 4.74 Å². The third-order valence-corrected chi connectivity index (χ3v) is 6.19. The summed E-state index contributed by atoms with van der Waals surface area (Å²) in [5, 5.41) is 0. The van der Waals surface area contributed by atoms with Crippen LogP contribution in [0.2, 0.25) is 0 Å². The number of pyridine rings is 2. The van der Waals surface area contributed by atoms with Gasteiger partial charge in [-0.3, -0.25) is 4.79 Å². The average Bonchev–Trinajstić information content (AvgIpc) is 3.21. The maximum Gasteiger partial charge on any atom is 0.253 e. The molecule has 0 amide bonds. The highest BCUT2D eigenvalue weighted by Gasteiger charge is 2.22. The van der Waals surface area contributed by atoms with E-state index >= 15 is 0 Å². The van der Waals surface area contributed by atoms with Crippen LogP contribution in [0.5, 0.6) is 0 Å². The van der Waals surface area contributed by atoms with Gasteiger partial charge in [-0.1, -0.05) is 30.3 Å². The summed E-state index contributed by atoms with van der Waals surface area (Å²) in [6.45, 7) is 7.10. The molecule has 0 aliphatic carbocycles. The van der Waals surface area contributed by atoms with Gasteiger partial charge in [0.1, 0.15) is 17.2 Å². The molecule has 7 heteroatoms. The Labute approximate surface area is 186 Å². The Bertz CT molecular complexity index is 1290. The van der Waals surface area contributed by atoms with Gasteiger partial charge >= 0.3 is 0 Å². The van der Waals surface area contributed by atoms with E-state index in [-0.39, 0.29) is 11.6 Å². The minimum Gasteiger partial charge on any atom is -0.378 e. The predicted molar refractivity (Wildman–Crippen MR) is 126 cm³/mol. The SMILES string of the molecule is Cc1cc(-c2nc3cnc(N4CCOCC4)cc3n2[C@H](C)c2ccccc2)cn(C)c1=O. The maximum absolute atomic E-state index is 12.3. The largest absolute Gasteiger partial charge is 0.378 e. The molecule has 0 radical (unpaired) electrons. The van der Waals surface area contributed by atoms with E-state index in [2.05, 4.69) is 46.7 Å². The number of hydrogen-bond donors (Lipinski definition) is 0. The highest BCUT2D eigenvalue weighted by atomic mass is 16.5. The zero-order valence-electron chi connectivity index (χ0n) is 18.7. The van der Waals surface area contributed by atoms with Gasteiger partial charge in [0.05, 0.1) is 31.0 Å². The van der Waals surface area contributed by atoms with Gasteiger partial charge < -0.3 is 18.8 Å². The molecule has 164 valence electrons. The summed E-state index contributed by atoms with van der Waals surface area (Å²) in [5.74, 6) is 1.77. The topological polar surface area (TPSA) is 65.2 Å². The third kappa shape index (κ3) is 3.58. The van der Waals surface area contributed by atoms with Gasteiger partial charge in [-0.15, -0.1) is 0 Å². The smallest absolute Gasteiger partial charge is 0.253 e. The van der Waals surface area contributed by atoms with Crippen LogP contribution in [0.1, 0.15) is 24.1 Å². The first-order valence-electron chi connectivity index (χ1n) is 11.0. The zero-order valence-corrected chi connectivity index (χ0v) is 18.7. The summed E-state index contributed by atoms with van der Waals surface area (Å²) in [6.07, 6.45) is 3.72. The molecule has 4 aromatic rings. The van der Waals surface area contributed by atoms with E-state index in [9.17, 15) is 4.79 Å². The van der Waals surface area contributed by atoms with Crippen molar-refractivity contribution in [1.29, 1.82) is 0 Å². The molecule has 0 spiro atoms. The van der Waals surface area contributed by atoms with E-state index in [0.29, 0.717) is 18.8 Å². The second-order valence-electron chi connectivity index (χ2n) is 8.35. The number of rotatable bonds is 4. The van der Waals surface area contributed by atoms with Crippen LogP contribution in [0.15, 0.2) is 59.7 Å². The quantitative estimate of drug-likeness (QED) is 0.496. The normalized spacial score (nSPS) is 15.3. The van der Waals surface area contributed by atoms with E-state index in [1.165, 1.54) is 5.56 Å². The Kier molecular flexibility index (Phi) is 5.27. The number of aromatic nitrogens is 4. The number of aryl methyl sites for hydroxylation is 2. The first kappa shape index (κ1) is 20.5. The number of anilines is 1. The molecule has 0 saturated carbocycles. The van der Waals surface area contributed by atoms with Gasteiger partial charge in [0.15, 0.2) is 0 Å². The predicted octanol–water partition coefficient (Wildman–Crippen LogP) is 3.55. The van der Waals surface area contributed by atoms with Crippen LogP contribution in [0.3, 0.4) is 0 Å². The van der Waals surface area contributed by atoms with Crippen molar-refractivity contribution in [2.24, 2.45) is 7.05 Å². The van der Waals surface area contributed by atoms with E-state index in [1.807, 2.05) is 31.5 Å². The van der Waals surface area contributed by atoms with Crippen LogP contribution in [0.4, 0.5) is 5.82 Å². The number of fused-ring (bicyclic) bond motifs is 1. The number of imidazole rings is 1. The van der Waals surface area contributed by atoms with Crippen molar-refractivity contribution in [2.45, 2.75) is 19.9 Å². The zero-order chi connectivity index (χ0) is 22.2. The second-order valence-corrected chi connectivity index (χ2v) is 8.35. The molecule has 7 nitrogen and oxygen atoms in total. The molecule has 0 unspecified atom stereocenters. The second kappa shape index (κ2) is 8.24. The third-order valence-electron chi connectivity index (χ3n) is 6.19. The Morgan fingerprint density at radius 2 is 1.84 bits per heavy atom. The van der Waals surface area contributed by atoms with Crippen molar-refractivity contribution in [3.63, 3.8) is 0 Å². The van der Waals surface area contributed by atoms with E-state index < -0.39 is 0 Å². The molecule has 0 N–H and O–H groups in total. The van der Waals surface area contributed by atoms with Gasteiger partial charge in [-0.2, -0.15) is 0 Å². The molecule has 5 rings (SSSR count). The summed E-state index contributed by atoms with van der Waals surface area (Å²) in [6, 6.07) is 14.5. The standard InChI is InChI=1S/C25H27N5O2/c1-17-13-20(16-28(3)25(17)31)24-27-21-15-26-23(29-9-11-32-12-10-29)14-22(21)30(24)18(2)19-7-5-4-6-8-19/h4-8,13-16,18H,9-12H2,1-3H3/t18-/m1/s1. The maximum atomic E-state index is 12.3. The fourth-order valence-electron chi connectivity index (χ4n) is 4.43. The van der Waals surface area contributed by atoms with E-state index in [1.54, 1.807) is 11.6 Å². The van der Waals surface area contributed by atoms with Crippen LogP contribution in [0.25, 0.3) is 22.4 Å². The Balaban J connectivity index is 1.73. The molecule has 1 atom stereocenters. The van der Waals surface area contributed by atoms with Crippen LogP contribution in [-0.4, -0.2) is 45.4 Å². The molecular weight excluding hydrogens is 402 g/mol. The number of nitrogens with zero attached hydrogens (tertiary/aromatic N) is 5. The van der Waals surface area contributed by atoms with Gasteiger partial charge in [0.25, 0.3) is 5.56 Å². The summed E-state index contributed by atoms with van der Waals surface area (Å²) >= 11 is 0. The minimum absolute atomic E-state index is 0.00351. The minimum atomic E-state index is 0.00351. The molecular formula is C25H27N5O2. The van der Waals surface area contributed by atoms with Crippen molar-refractivity contribution >= 4 is 16.9 Å². The molecule has 0 bridgehead atoms. The molecule has 3 aromatic heterocycles. The lowest BCUT2D eigenvalue weighted by Gasteiger charge is -2.28. The number of benzene rings is 1. The summed E-state index contributed by atoms with van der Waals surface area (Å²) in [4.78, 5) is 24.2. The molecule has 1 fully saturated rings. The fraction of sp³-hybridized carbons (Fsp3) is 0.320. The highest BCUT2D eigenvalue weighted by Crippen LogP contribution is 2.32. The van der Waals surface area contributed by atoms with Gasteiger partial charge in [0.2, 0.25) is 0 Å². The first-order chi connectivity index (χ1) is 15.5. The fourth-order valence-corrected chi connectivity index (χ4v) is 4.43. The van der Waals surface area contributed by atoms with Crippen LogP contribution in [-0.2, 0) is 11.8 Å². The summed E-state index contributed by atoms with van der Waals surface area (Å²) < 4.78 is 9.39. The van der Waals surface area contributed by atoms with Gasteiger partial charge in [-0.25, -0.2) is 9.97 Å². The van der Waals surface area contributed by atoms with Crippen LogP contribution in [0, 0.1) is 6.92 Å². The van der Waals surface area contributed by atoms with Crippen molar-refractivity contribution in [3.8, 4) is 11.4 Å². The first-order valence-corrected chi connectivity index (χ1v) is 11.0. The lowest BCUT2D eigenvalue weighted by atomic mass is 10.1. The summed E-state index contributed by atoms with van der Waals surface area (Å²) in [7, 11) is 1.78. The highest BCUT2D eigenvalue weighted by molar-refractivity contribution is 5.82. The van der Waals surface area contributed by atoms with Crippen molar-refractivity contribution in [1.82, 2.24) is 19.1 Å². The van der Waals surface area contributed by atoms with Crippen molar-refractivity contribution in [2.75, 3.05) is 31.2 Å². The van der Waals surface area contributed by atoms with E-state index in [4.69, 9.17) is 14.7 Å². The monoisotopic (exact) mass is 429 g/mol. The molecule has 1 saturated heterocycles. The lowest BCUT2D eigenvalue weighted by Crippen LogP contribution is -2.36. The Hall–Kier alpha value is -3.45. The molecule has 32 heavy (non-hydrogen) atoms. The average molecular weight is 430 g/mol. The van der Waals surface area contributed by atoms with Gasteiger partial charge in [0, 0.05) is 43.5 Å². The number of hydrogen-bond acceptors (Lipinski definition) is 5. The molecule has 4 heterocycles. The van der Waals surface area contributed by atoms with Gasteiger partial charge in [-0.05, 0) is 25.5 Å². The summed E-state index contributed by atoms with van der Waals surface area (Å²) in [5.41, 5.74) is 4.67. The molecule has 1 aliphatic rings. The molecule has 1 aromatic carbocycles. The number of ether oxygens (including phenoxy) is 1. The number of morpholine rings is 1. The van der Waals surface area contributed by atoms with E-state index in [0.717, 1.165) is 41.3 Å². The Morgan fingerprint density at radius 3 is 2.56 bits per heavy atom. The molecule has 1 aliphatic heterocycles. The lowest BCUT2D eigenvalue weighted by molar-refractivity contribution is 0.122. The van der Waals surface area contributed by atoms with Crippen molar-refractivity contribution in [3.05, 3.63) is 76.3 Å². The van der Waals surface area contributed by atoms with Crippen LogP contribution < -0.4 is 10.5 Å². The Morgan fingerprint density at radius 1 is 1.09 bits per heavy atom. The van der Waals surface area contributed by atoms with Crippen LogP contribution >= 0.6 is 0 Å².